The summed E-state index contributed by atoms with van der Waals surface area (Å²) in [6.07, 6.45) is 4.67. The van der Waals surface area contributed by atoms with Crippen LogP contribution in [0.1, 0.15) is 73.1 Å². The minimum Gasteiger partial charge on any atom is -0.408 e. The molecule has 1 aliphatic rings. The summed E-state index contributed by atoms with van der Waals surface area (Å²) in [7, 11) is 0. The lowest BCUT2D eigenvalue weighted by Gasteiger charge is -2.32. The van der Waals surface area contributed by atoms with E-state index in [1.54, 1.807) is 6.33 Å². The zero-order valence-corrected chi connectivity index (χ0v) is 18.7. The van der Waals surface area contributed by atoms with Crippen LogP contribution in [0.15, 0.2) is 35.1 Å². The van der Waals surface area contributed by atoms with Gasteiger partial charge in [0.15, 0.2) is 0 Å². The van der Waals surface area contributed by atoms with E-state index < -0.39 is 19.3 Å². The van der Waals surface area contributed by atoms with Gasteiger partial charge >= 0.3 is 6.01 Å². The molecule has 10 heteroatoms. The molecule has 0 radical (unpaired) electrons. The van der Waals surface area contributed by atoms with Crippen molar-refractivity contribution >= 4 is 11.5 Å². The van der Waals surface area contributed by atoms with E-state index in [1.807, 2.05) is 21.7 Å². The van der Waals surface area contributed by atoms with E-state index in [9.17, 15) is 8.78 Å². The van der Waals surface area contributed by atoms with Crippen LogP contribution in [-0.2, 0) is 6.42 Å². The summed E-state index contributed by atoms with van der Waals surface area (Å²) in [6, 6.07) is 6.19. The summed E-state index contributed by atoms with van der Waals surface area (Å²) >= 11 is 0. The van der Waals surface area contributed by atoms with E-state index in [2.05, 4.69) is 46.1 Å². The quantitative estimate of drug-likeness (QED) is 0.420. The highest BCUT2D eigenvalue weighted by molar-refractivity contribution is 5.58. The van der Waals surface area contributed by atoms with Crippen molar-refractivity contribution in [2.75, 3.05) is 24.8 Å². The Labute approximate surface area is 190 Å². The average molecular weight is 456 g/mol. The summed E-state index contributed by atoms with van der Waals surface area (Å²) in [5.74, 6) is 0.182. The van der Waals surface area contributed by atoms with Crippen molar-refractivity contribution in [3.63, 3.8) is 0 Å². The monoisotopic (exact) mass is 455 g/mol. The van der Waals surface area contributed by atoms with Gasteiger partial charge in [-0.15, -0.1) is 5.10 Å². The van der Waals surface area contributed by atoms with Crippen LogP contribution in [0.4, 0.5) is 14.8 Å². The predicted molar refractivity (Wildman–Crippen MR) is 119 cm³/mol. The van der Waals surface area contributed by atoms with Gasteiger partial charge in [-0.25, -0.2) is 9.50 Å². The fourth-order valence-electron chi connectivity index (χ4n) is 4.62. The molecular weight excluding hydrogens is 428 g/mol. The molecule has 0 amide bonds. The SMILES string of the molecule is CC(C)c1cccn2nc([C@@H]3c4nc[nH]c4CCN3c3nnc(C(CCF)CCF)o3)cc12. The molecule has 0 bridgehead atoms. The number of nitrogens with one attached hydrogen (secondary N) is 1. The summed E-state index contributed by atoms with van der Waals surface area (Å²) in [6.45, 7) is 3.80. The molecule has 33 heavy (non-hydrogen) atoms. The minimum atomic E-state index is -0.565. The second-order valence-electron chi connectivity index (χ2n) is 8.70. The van der Waals surface area contributed by atoms with Gasteiger partial charge < -0.3 is 14.3 Å². The van der Waals surface area contributed by atoms with Gasteiger partial charge in [0.1, 0.15) is 6.04 Å². The van der Waals surface area contributed by atoms with Crippen molar-refractivity contribution in [3.05, 3.63) is 59.3 Å². The molecule has 0 aliphatic carbocycles. The van der Waals surface area contributed by atoms with Crippen molar-refractivity contribution in [1.82, 2.24) is 29.8 Å². The van der Waals surface area contributed by atoms with E-state index in [0.29, 0.717) is 18.5 Å². The standard InChI is InChI=1S/C23H27F2N7O/c1-14(2)16-4-3-10-32-19(16)12-18(30-32)21-20-17(26-13-27-20)7-11-31(21)23-29-28-22(33-23)15(5-8-24)6-9-25/h3-4,10,12-15,21H,5-9,11H2,1-2H3,(H,26,27)/t21-/m1/s1. The molecule has 4 aromatic heterocycles. The molecule has 4 aromatic rings. The first-order valence-corrected chi connectivity index (χ1v) is 11.3. The summed E-state index contributed by atoms with van der Waals surface area (Å²) in [5.41, 5.74) is 4.98. The number of hydrogen-bond acceptors (Lipinski definition) is 6. The lowest BCUT2D eigenvalue weighted by Crippen LogP contribution is -2.37. The van der Waals surface area contributed by atoms with Crippen LogP contribution in [0.2, 0.25) is 0 Å². The Kier molecular flexibility index (Phi) is 5.82. The van der Waals surface area contributed by atoms with Crippen LogP contribution in [0, 0.1) is 0 Å². The fourth-order valence-corrected chi connectivity index (χ4v) is 4.62. The van der Waals surface area contributed by atoms with E-state index in [1.165, 1.54) is 5.56 Å². The molecule has 5 heterocycles. The molecule has 174 valence electrons. The highest BCUT2D eigenvalue weighted by Crippen LogP contribution is 2.37. The van der Waals surface area contributed by atoms with Crippen LogP contribution < -0.4 is 4.90 Å². The molecule has 0 saturated carbocycles. The molecule has 0 aromatic carbocycles. The van der Waals surface area contributed by atoms with Crippen LogP contribution in [0.5, 0.6) is 0 Å². The number of H-pyrrole nitrogens is 1. The summed E-state index contributed by atoms with van der Waals surface area (Å²) in [4.78, 5) is 9.80. The molecule has 0 saturated heterocycles. The predicted octanol–water partition coefficient (Wildman–Crippen LogP) is 4.52. The second kappa shape index (κ2) is 8.92. The Hall–Kier alpha value is -3.30. The van der Waals surface area contributed by atoms with Gasteiger partial charge in [-0.3, -0.25) is 8.78 Å². The van der Waals surface area contributed by atoms with E-state index in [0.717, 1.165) is 29.0 Å². The van der Waals surface area contributed by atoms with Gasteiger partial charge in [0.05, 0.1) is 36.6 Å². The number of aromatic amines is 1. The fraction of sp³-hybridized carbons (Fsp3) is 0.478. The highest BCUT2D eigenvalue weighted by Gasteiger charge is 2.36. The summed E-state index contributed by atoms with van der Waals surface area (Å²) in [5, 5.41) is 13.3. The van der Waals surface area contributed by atoms with Gasteiger partial charge in [-0.1, -0.05) is 25.0 Å². The average Bonchev–Trinajstić information content (AvgIpc) is 3.56. The van der Waals surface area contributed by atoms with Crippen molar-refractivity contribution in [2.24, 2.45) is 0 Å². The lowest BCUT2D eigenvalue weighted by atomic mass is 9.99. The number of nitrogens with zero attached hydrogens (tertiary/aromatic N) is 6. The maximum atomic E-state index is 13.0. The number of aromatic nitrogens is 6. The Morgan fingerprint density at radius 1 is 1.21 bits per heavy atom. The number of rotatable bonds is 8. The van der Waals surface area contributed by atoms with Gasteiger partial charge in [0, 0.05) is 30.8 Å². The topological polar surface area (TPSA) is 88.1 Å². The Morgan fingerprint density at radius 3 is 2.79 bits per heavy atom. The molecule has 0 fully saturated rings. The van der Waals surface area contributed by atoms with Crippen LogP contribution in [0.25, 0.3) is 5.52 Å². The van der Waals surface area contributed by atoms with E-state index in [4.69, 9.17) is 9.52 Å². The van der Waals surface area contributed by atoms with Gasteiger partial charge in [0.25, 0.3) is 0 Å². The number of pyridine rings is 1. The first kappa shape index (κ1) is 21.5. The maximum Gasteiger partial charge on any atom is 0.319 e. The Balaban J connectivity index is 1.56. The molecule has 8 nitrogen and oxygen atoms in total. The zero-order chi connectivity index (χ0) is 22.9. The molecule has 5 rings (SSSR count). The smallest absolute Gasteiger partial charge is 0.319 e. The largest absolute Gasteiger partial charge is 0.408 e. The number of fused-ring (bicyclic) bond motifs is 2. The number of halogens is 2. The van der Waals surface area contributed by atoms with Crippen LogP contribution in [0.3, 0.4) is 0 Å². The van der Waals surface area contributed by atoms with E-state index >= 15 is 0 Å². The number of imidazole rings is 1. The van der Waals surface area contributed by atoms with Crippen LogP contribution >= 0.6 is 0 Å². The third-order valence-corrected chi connectivity index (χ3v) is 6.32. The molecular formula is C23H27F2N7O. The minimum absolute atomic E-state index is 0.156. The first-order chi connectivity index (χ1) is 16.1. The van der Waals surface area contributed by atoms with E-state index in [-0.39, 0.29) is 24.8 Å². The van der Waals surface area contributed by atoms with Crippen molar-refractivity contribution in [3.8, 4) is 0 Å². The molecule has 0 spiro atoms. The molecule has 1 aliphatic heterocycles. The van der Waals surface area contributed by atoms with Gasteiger partial charge in [-0.05, 0) is 36.5 Å². The van der Waals surface area contributed by atoms with Crippen molar-refractivity contribution < 1.29 is 13.2 Å². The number of hydrogen-bond donors (Lipinski definition) is 1. The number of anilines is 1. The van der Waals surface area contributed by atoms with Crippen molar-refractivity contribution in [1.29, 1.82) is 0 Å². The first-order valence-electron chi connectivity index (χ1n) is 11.3. The molecule has 0 unspecified atom stereocenters. The highest BCUT2D eigenvalue weighted by atomic mass is 19.1. The van der Waals surface area contributed by atoms with Gasteiger partial charge in [-0.2, -0.15) is 5.10 Å². The van der Waals surface area contributed by atoms with Crippen LogP contribution in [-0.4, -0.2) is 49.7 Å². The van der Waals surface area contributed by atoms with Crippen molar-refractivity contribution in [2.45, 2.75) is 51.0 Å². The molecule has 1 atom stereocenters. The maximum absolute atomic E-state index is 13.0. The zero-order valence-electron chi connectivity index (χ0n) is 18.7. The van der Waals surface area contributed by atoms with Gasteiger partial charge in [0.2, 0.25) is 5.89 Å². The summed E-state index contributed by atoms with van der Waals surface area (Å²) < 4.78 is 33.8. The normalized spacial score (nSPS) is 16.3. The Bertz CT molecular complexity index is 1220. The third-order valence-electron chi connectivity index (χ3n) is 6.32. The second-order valence-corrected chi connectivity index (χ2v) is 8.70. The lowest BCUT2D eigenvalue weighted by molar-refractivity contribution is 0.340. The number of alkyl halides is 2. The molecule has 1 N–H and O–H groups in total. The third kappa shape index (κ3) is 3.87. The Morgan fingerprint density at radius 2 is 2.03 bits per heavy atom.